The summed E-state index contributed by atoms with van der Waals surface area (Å²) < 4.78 is 5.77. The number of allylic oxidation sites excluding steroid dienone is 1. The maximum absolute atomic E-state index is 11.8. The highest BCUT2D eigenvalue weighted by Crippen LogP contribution is 2.20. The number of carbonyl (C=O) groups is 1. The van der Waals surface area contributed by atoms with Crippen molar-refractivity contribution in [3.63, 3.8) is 0 Å². The van der Waals surface area contributed by atoms with E-state index in [0.29, 0.717) is 6.54 Å². The van der Waals surface area contributed by atoms with Crippen LogP contribution < -0.4 is 12.4 Å². The smallest absolute Gasteiger partial charge is 0.361 e. The Kier molecular flexibility index (Phi) is 8.35. The number of carbonyl (C=O) groups excluding carboxylic acids is 1. The van der Waals surface area contributed by atoms with Crippen LogP contribution in [0.15, 0.2) is 42.0 Å². The number of hydrogen-bond donors (Lipinski definition) is 0. The lowest BCUT2D eigenvalue weighted by Gasteiger charge is -2.40. The van der Waals surface area contributed by atoms with Gasteiger partial charge in [0, 0.05) is 0 Å². The van der Waals surface area contributed by atoms with Gasteiger partial charge < -0.3 is 21.6 Å². The zero-order valence-electron chi connectivity index (χ0n) is 14.3. The van der Waals surface area contributed by atoms with Gasteiger partial charge >= 0.3 is 5.97 Å². The number of esters is 1. The first-order valence-corrected chi connectivity index (χ1v) is 8.25. The molecule has 1 saturated heterocycles. The molecule has 0 aliphatic carbocycles. The predicted molar refractivity (Wildman–Crippen MR) is 89.5 cm³/mol. The van der Waals surface area contributed by atoms with E-state index in [2.05, 4.69) is 37.3 Å². The van der Waals surface area contributed by atoms with Crippen LogP contribution in [0.4, 0.5) is 0 Å². The highest BCUT2D eigenvalue weighted by atomic mass is 35.5. The van der Waals surface area contributed by atoms with Crippen molar-refractivity contribution in [1.29, 1.82) is 0 Å². The van der Waals surface area contributed by atoms with E-state index in [9.17, 15) is 4.79 Å². The Hall–Kier alpha value is -1.32. The second-order valence-electron chi connectivity index (χ2n) is 6.48. The van der Waals surface area contributed by atoms with Crippen LogP contribution in [0.3, 0.4) is 0 Å². The van der Waals surface area contributed by atoms with Crippen molar-refractivity contribution in [3.05, 3.63) is 47.5 Å². The number of piperidine rings is 1. The first-order valence-electron chi connectivity index (χ1n) is 8.25. The maximum Gasteiger partial charge on any atom is 0.361 e. The largest absolute Gasteiger partial charge is 1.00 e. The molecule has 1 heterocycles. The second kappa shape index (κ2) is 9.74. The van der Waals surface area contributed by atoms with Gasteiger partial charge in [0.2, 0.25) is 0 Å². The van der Waals surface area contributed by atoms with Crippen molar-refractivity contribution in [2.45, 2.75) is 32.6 Å². The van der Waals surface area contributed by atoms with E-state index < -0.39 is 0 Å². The molecule has 1 aromatic carbocycles. The third kappa shape index (κ3) is 6.36. The molecular formula is C19H28ClNO2. The van der Waals surface area contributed by atoms with Crippen molar-refractivity contribution in [1.82, 2.24) is 0 Å². The Morgan fingerprint density at radius 3 is 2.43 bits per heavy atom. The monoisotopic (exact) mass is 337 g/mol. The number of hydrogen-bond acceptors (Lipinski definition) is 2. The standard InChI is InChI=1S/C19H28NO2.ClH/c1-17(15-18-9-5-3-6-10-18)11-14-20(16-19(21)22-2)12-7-4-8-13-20;/h3,5-6,9-11H,4,7-8,12-16H2,1-2H3;1H/q+1;/p-1/b17-11-;. The molecule has 3 nitrogen and oxygen atoms in total. The zero-order valence-corrected chi connectivity index (χ0v) is 15.0. The van der Waals surface area contributed by atoms with Gasteiger partial charge in [0.15, 0.2) is 6.54 Å². The van der Waals surface area contributed by atoms with Crippen LogP contribution >= 0.6 is 0 Å². The highest BCUT2D eigenvalue weighted by molar-refractivity contribution is 5.70. The first kappa shape index (κ1) is 19.7. The van der Waals surface area contributed by atoms with Crippen LogP contribution in [0.2, 0.25) is 0 Å². The van der Waals surface area contributed by atoms with Gasteiger partial charge in [-0.1, -0.05) is 35.9 Å². The molecule has 0 spiro atoms. The van der Waals surface area contributed by atoms with Gasteiger partial charge in [0.25, 0.3) is 0 Å². The molecule has 2 rings (SSSR count). The summed E-state index contributed by atoms with van der Waals surface area (Å²) in [6.45, 7) is 5.80. The fourth-order valence-corrected chi connectivity index (χ4v) is 3.27. The fraction of sp³-hybridized carbons (Fsp3) is 0.526. The average Bonchev–Trinajstić information content (AvgIpc) is 2.55. The van der Waals surface area contributed by atoms with E-state index in [4.69, 9.17) is 4.74 Å². The van der Waals surface area contributed by atoms with Crippen LogP contribution in [0.5, 0.6) is 0 Å². The number of quaternary nitrogens is 1. The summed E-state index contributed by atoms with van der Waals surface area (Å²) in [4.78, 5) is 11.8. The minimum atomic E-state index is -0.0870. The van der Waals surface area contributed by atoms with E-state index in [1.165, 1.54) is 37.5 Å². The number of ether oxygens (including phenoxy) is 1. The SMILES string of the molecule is COC(=O)C[N+]1(C/C=C(/C)Cc2ccccc2)CCCCC1.[Cl-]. The molecule has 0 radical (unpaired) electrons. The summed E-state index contributed by atoms with van der Waals surface area (Å²) in [5.41, 5.74) is 2.72. The molecular weight excluding hydrogens is 310 g/mol. The number of methoxy groups -OCH3 is 1. The molecule has 0 unspecified atom stereocenters. The van der Waals surface area contributed by atoms with E-state index in [-0.39, 0.29) is 18.4 Å². The number of rotatable bonds is 6. The third-order valence-corrected chi connectivity index (χ3v) is 4.61. The molecule has 1 aliphatic heterocycles. The van der Waals surface area contributed by atoms with Gasteiger partial charge in [-0.15, -0.1) is 0 Å². The lowest BCUT2D eigenvalue weighted by atomic mass is 10.0. The van der Waals surface area contributed by atoms with Crippen molar-refractivity contribution in [2.75, 3.05) is 33.3 Å². The Morgan fingerprint density at radius 2 is 1.83 bits per heavy atom. The van der Waals surface area contributed by atoms with Crippen LogP contribution in [-0.2, 0) is 16.0 Å². The summed E-state index contributed by atoms with van der Waals surface area (Å²) in [7, 11) is 1.49. The molecule has 0 saturated carbocycles. The Balaban J connectivity index is 0.00000264. The van der Waals surface area contributed by atoms with Gasteiger partial charge in [-0.3, -0.25) is 0 Å². The summed E-state index contributed by atoms with van der Waals surface area (Å²) in [5.74, 6) is -0.0870. The van der Waals surface area contributed by atoms with Crippen molar-refractivity contribution in [3.8, 4) is 0 Å². The van der Waals surface area contributed by atoms with Crippen LogP contribution in [-0.4, -0.2) is 43.7 Å². The quantitative estimate of drug-likeness (QED) is 0.425. The van der Waals surface area contributed by atoms with E-state index in [0.717, 1.165) is 30.5 Å². The second-order valence-corrected chi connectivity index (χ2v) is 6.48. The topological polar surface area (TPSA) is 26.3 Å². The van der Waals surface area contributed by atoms with E-state index in [1.807, 2.05) is 6.07 Å². The molecule has 1 aliphatic rings. The lowest BCUT2D eigenvalue weighted by molar-refractivity contribution is -0.920. The van der Waals surface area contributed by atoms with Gasteiger partial charge in [-0.25, -0.2) is 4.79 Å². The molecule has 1 fully saturated rings. The molecule has 0 atom stereocenters. The lowest BCUT2D eigenvalue weighted by Crippen LogP contribution is -3.00. The zero-order chi connectivity index (χ0) is 15.8. The van der Waals surface area contributed by atoms with Gasteiger partial charge in [-0.05, 0) is 44.2 Å². The Labute approximate surface area is 146 Å². The van der Waals surface area contributed by atoms with Crippen molar-refractivity contribution >= 4 is 5.97 Å². The normalized spacial score (nSPS) is 17.2. The molecule has 0 bridgehead atoms. The van der Waals surface area contributed by atoms with Crippen molar-refractivity contribution in [2.24, 2.45) is 0 Å². The number of likely N-dealkylation sites (tertiary alicyclic amines) is 1. The summed E-state index contributed by atoms with van der Waals surface area (Å²) in [5, 5.41) is 0. The predicted octanol–water partition coefficient (Wildman–Crippen LogP) is 0.353. The minimum absolute atomic E-state index is 0. The molecule has 0 N–H and O–H groups in total. The molecule has 128 valence electrons. The van der Waals surface area contributed by atoms with Gasteiger partial charge in [-0.2, -0.15) is 0 Å². The molecule has 0 aromatic heterocycles. The fourth-order valence-electron chi connectivity index (χ4n) is 3.27. The van der Waals surface area contributed by atoms with Crippen molar-refractivity contribution < 1.29 is 26.4 Å². The molecule has 23 heavy (non-hydrogen) atoms. The van der Waals surface area contributed by atoms with Crippen LogP contribution in [0, 0.1) is 0 Å². The molecule has 0 amide bonds. The summed E-state index contributed by atoms with van der Waals surface area (Å²) in [6.07, 6.45) is 7.01. The van der Waals surface area contributed by atoms with Crippen LogP contribution in [0.1, 0.15) is 31.7 Å². The molecule has 4 heteroatoms. The Bertz CT molecular complexity index is 507. The summed E-state index contributed by atoms with van der Waals surface area (Å²) >= 11 is 0. The average molecular weight is 338 g/mol. The van der Waals surface area contributed by atoms with Crippen LogP contribution in [0.25, 0.3) is 0 Å². The minimum Gasteiger partial charge on any atom is -1.00 e. The number of benzene rings is 1. The number of halogens is 1. The van der Waals surface area contributed by atoms with E-state index >= 15 is 0 Å². The third-order valence-electron chi connectivity index (χ3n) is 4.61. The first-order chi connectivity index (χ1) is 10.6. The highest BCUT2D eigenvalue weighted by Gasteiger charge is 2.31. The number of nitrogens with zero attached hydrogens (tertiary/aromatic N) is 1. The molecule has 1 aromatic rings. The summed E-state index contributed by atoms with van der Waals surface area (Å²) in [6, 6.07) is 10.5. The van der Waals surface area contributed by atoms with Gasteiger partial charge in [0.1, 0.15) is 0 Å². The van der Waals surface area contributed by atoms with E-state index in [1.54, 1.807) is 0 Å². The van der Waals surface area contributed by atoms with Gasteiger partial charge in [0.05, 0.1) is 26.7 Å². The maximum atomic E-state index is 11.8. The Morgan fingerprint density at radius 1 is 1.17 bits per heavy atom.